The van der Waals surface area contributed by atoms with Crippen LogP contribution in [-0.4, -0.2) is 58.6 Å². The molecule has 1 saturated heterocycles. The van der Waals surface area contributed by atoms with Gasteiger partial charge in [0.05, 0.1) is 23.3 Å². The Kier molecular flexibility index (Phi) is 6.42. The minimum Gasteiger partial charge on any atom is -0.419 e. The van der Waals surface area contributed by atoms with Crippen molar-refractivity contribution in [3.05, 3.63) is 65.5 Å². The van der Waals surface area contributed by atoms with Crippen molar-refractivity contribution in [2.75, 3.05) is 38.0 Å². The molecule has 0 radical (unpaired) electrons. The molecule has 0 aliphatic carbocycles. The zero-order valence-electron chi connectivity index (χ0n) is 16.8. The SMILES string of the molecule is C[C@H](c1nnc(-c2ccccc2)o1)N1CCN(CC(=O)Nc2ccccc2Cl)CC1. The lowest BCUT2D eigenvalue weighted by molar-refractivity contribution is -0.117. The lowest BCUT2D eigenvalue weighted by Crippen LogP contribution is -2.49. The van der Waals surface area contributed by atoms with Crippen molar-refractivity contribution in [1.29, 1.82) is 0 Å². The molecule has 8 heteroatoms. The molecule has 3 aromatic rings. The maximum atomic E-state index is 12.3. The summed E-state index contributed by atoms with van der Waals surface area (Å²) in [5.41, 5.74) is 1.56. The van der Waals surface area contributed by atoms with Gasteiger partial charge in [-0.1, -0.05) is 41.9 Å². The summed E-state index contributed by atoms with van der Waals surface area (Å²) >= 11 is 6.11. The van der Waals surface area contributed by atoms with Crippen LogP contribution in [0.5, 0.6) is 0 Å². The van der Waals surface area contributed by atoms with Crippen LogP contribution in [0.15, 0.2) is 59.0 Å². The number of amides is 1. The fourth-order valence-electron chi connectivity index (χ4n) is 3.52. The largest absolute Gasteiger partial charge is 0.419 e. The molecule has 1 fully saturated rings. The van der Waals surface area contributed by atoms with E-state index in [0.717, 1.165) is 31.7 Å². The second-order valence-electron chi connectivity index (χ2n) is 7.33. The van der Waals surface area contributed by atoms with E-state index >= 15 is 0 Å². The average molecular weight is 426 g/mol. The average Bonchev–Trinajstić information content (AvgIpc) is 3.26. The van der Waals surface area contributed by atoms with Crippen molar-refractivity contribution >= 4 is 23.2 Å². The number of halogens is 1. The van der Waals surface area contributed by atoms with Crippen LogP contribution in [0.3, 0.4) is 0 Å². The molecule has 0 spiro atoms. The number of nitrogens with zero attached hydrogens (tertiary/aromatic N) is 4. The highest BCUT2D eigenvalue weighted by Crippen LogP contribution is 2.25. The highest BCUT2D eigenvalue weighted by molar-refractivity contribution is 6.33. The number of hydrogen-bond acceptors (Lipinski definition) is 6. The molecule has 1 aliphatic rings. The Balaban J connectivity index is 1.28. The van der Waals surface area contributed by atoms with E-state index in [1.54, 1.807) is 12.1 Å². The first-order chi connectivity index (χ1) is 14.6. The number of aromatic nitrogens is 2. The highest BCUT2D eigenvalue weighted by atomic mass is 35.5. The van der Waals surface area contributed by atoms with Gasteiger partial charge in [-0.25, -0.2) is 0 Å². The molecule has 1 aromatic heterocycles. The van der Waals surface area contributed by atoms with Crippen LogP contribution in [0.25, 0.3) is 11.5 Å². The summed E-state index contributed by atoms with van der Waals surface area (Å²) in [5, 5.41) is 11.8. The zero-order valence-corrected chi connectivity index (χ0v) is 17.5. The molecule has 1 aliphatic heterocycles. The van der Waals surface area contributed by atoms with Crippen molar-refractivity contribution in [3.8, 4) is 11.5 Å². The monoisotopic (exact) mass is 425 g/mol. The third-order valence-electron chi connectivity index (χ3n) is 5.29. The summed E-state index contributed by atoms with van der Waals surface area (Å²) < 4.78 is 5.90. The van der Waals surface area contributed by atoms with Crippen molar-refractivity contribution in [2.24, 2.45) is 0 Å². The van der Waals surface area contributed by atoms with E-state index in [9.17, 15) is 4.79 Å². The first kappa shape index (κ1) is 20.5. The van der Waals surface area contributed by atoms with Crippen molar-refractivity contribution in [1.82, 2.24) is 20.0 Å². The number of carbonyl (C=O) groups excluding carboxylic acids is 1. The van der Waals surface area contributed by atoms with E-state index in [1.807, 2.05) is 42.5 Å². The predicted octanol–water partition coefficient (Wildman–Crippen LogP) is 3.71. The summed E-state index contributed by atoms with van der Waals surface area (Å²) in [6, 6.07) is 17.0. The van der Waals surface area contributed by atoms with Gasteiger partial charge in [0.25, 0.3) is 0 Å². The van der Waals surface area contributed by atoms with Crippen LogP contribution in [0.4, 0.5) is 5.69 Å². The molecule has 1 N–H and O–H groups in total. The molecule has 0 bridgehead atoms. The molecular weight excluding hydrogens is 402 g/mol. The van der Waals surface area contributed by atoms with E-state index in [0.29, 0.717) is 29.0 Å². The number of benzene rings is 2. The molecule has 30 heavy (non-hydrogen) atoms. The molecule has 156 valence electrons. The lowest BCUT2D eigenvalue weighted by Gasteiger charge is -2.36. The van der Waals surface area contributed by atoms with Crippen LogP contribution in [0.2, 0.25) is 5.02 Å². The van der Waals surface area contributed by atoms with E-state index in [-0.39, 0.29) is 11.9 Å². The van der Waals surface area contributed by atoms with Gasteiger partial charge >= 0.3 is 0 Å². The number of nitrogens with one attached hydrogen (secondary N) is 1. The molecule has 1 atom stereocenters. The Morgan fingerprint density at radius 1 is 1.07 bits per heavy atom. The van der Waals surface area contributed by atoms with Gasteiger partial charge in [0.1, 0.15) is 0 Å². The third kappa shape index (κ3) is 4.87. The molecule has 0 unspecified atom stereocenters. The fourth-order valence-corrected chi connectivity index (χ4v) is 3.70. The second kappa shape index (κ2) is 9.38. The zero-order chi connectivity index (χ0) is 20.9. The first-order valence-electron chi connectivity index (χ1n) is 10.00. The Labute approximate surface area is 180 Å². The van der Waals surface area contributed by atoms with Crippen molar-refractivity contribution in [3.63, 3.8) is 0 Å². The lowest BCUT2D eigenvalue weighted by atomic mass is 10.2. The highest BCUT2D eigenvalue weighted by Gasteiger charge is 2.26. The Bertz CT molecular complexity index is 986. The van der Waals surface area contributed by atoms with E-state index in [4.69, 9.17) is 16.0 Å². The van der Waals surface area contributed by atoms with Gasteiger partial charge in [0, 0.05) is 31.7 Å². The molecule has 4 rings (SSSR count). The van der Waals surface area contributed by atoms with Crippen LogP contribution >= 0.6 is 11.6 Å². The van der Waals surface area contributed by atoms with Gasteiger partial charge in [-0.2, -0.15) is 0 Å². The predicted molar refractivity (Wildman–Crippen MR) is 116 cm³/mol. The number of rotatable bonds is 6. The number of para-hydroxylation sites is 1. The molecule has 0 saturated carbocycles. The minimum atomic E-state index is -0.0611. The normalized spacial score (nSPS) is 16.3. The molecule has 7 nitrogen and oxygen atoms in total. The Morgan fingerprint density at radius 3 is 2.50 bits per heavy atom. The van der Waals surface area contributed by atoms with Gasteiger partial charge in [0.2, 0.25) is 17.7 Å². The second-order valence-corrected chi connectivity index (χ2v) is 7.73. The summed E-state index contributed by atoms with van der Waals surface area (Å²) in [4.78, 5) is 16.8. The maximum Gasteiger partial charge on any atom is 0.247 e. The first-order valence-corrected chi connectivity index (χ1v) is 10.4. The molecule has 2 heterocycles. The molecule has 1 amide bonds. The topological polar surface area (TPSA) is 74.5 Å². The number of hydrogen-bond donors (Lipinski definition) is 1. The number of carbonyl (C=O) groups is 1. The smallest absolute Gasteiger partial charge is 0.247 e. The minimum absolute atomic E-state index is 0.0223. The number of anilines is 1. The summed E-state index contributed by atoms with van der Waals surface area (Å²) in [5.74, 6) is 1.08. The van der Waals surface area contributed by atoms with E-state index < -0.39 is 0 Å². The van der Waals surface area contributed by atoms with Gasteiger partial charge < -0.3 is 9.73 Å². The van der Waals surface area contributed by atoms with E-state index in [2.05, 4.69) is 32.2 Å². The molecule has 2 aromatic carbocycles. The summed E-state index contributed by atoms with van der Waals surface area (Å²) in [6.07, 6.45) is 0. The van der Waals surface area contributed by atoms with Crippen LogP contribution in [-0.2, 0) is 4.79 Å². The van der Waals surface area contributed by atoms with E-state index in [1.165, 1.54) is 0 Å². The third-order valence-corrected chi connectivity index (χ3v) is 5.62. The van der Waals surface area contributed by atoms with Crippen molar-refractivity contribution < 1.29 is 9.21 Å². The Morgan fingerprint density at radius 2 is 1.77 bits per heavy atom. The molecular formula is C22H24ClN5O2. The van der Waals surface area contributed by atoms with Gasteiger partial charge in [-0.15, -0.1) is 10.2 Å². The van der Waals surface area contributed by atoms with Gasteiger partial charge in [-0.3, -0.25) is 14.6 Å². The van der Waals surface area contributed by atoms with Gasteiger partial charge in [-0.05, 0) is 31.2 Å². The quantitative estimate of drug-likeness (QED) is 0.649. The Hall–Kier alpha value is -2.74. The van der Waals surface area contributed by atoms with Crippen LogP contribution in [0, 0.1) is 0 Å². The maximum absolute atomic E-state index is 12.3. The summed E-state index contributed by atoms with van der Waals surface area (Å²) in [6.45, 7) is 5.64. The fraction of sp³-hybridized carbons (Fsp3) is 0.318. The standard InChI is InChI=1S/C22H24ClN5O2/c1-16(21-25-26-22(30-21)17-7-3-2-4-8-17)28-13-11-27(12-14-28)15-20(29)24-19-10-6-5-9-18(19)23/h2-10,16H,11-15H2,1H3,(H,24,29)/t16-/m1/s1. The summed E-state index contributed by atoms with van der Waals surface area (Å²) in [7, 11) is 0. The van der Waals surface area contributed by atoms with Crippen molar-refractivity contribution in [2.45, 2.75) is 13.0 Å². The number of piperazine rings is 1. The van der Waals surface area contributed by atoms with Crippen LogP contribution in [0.1, 0.15) is 18.9 Å². The van der Waals surface area contributed by atoms with Crippen LogP contribution < -0.4 is 5.32 Å². The van der Waals surface area contributed by atoms with Gasteiger partial charge in [0.15, 0.2) is 0 Å².